The maximum atomic E-state index is 12.7. The summed E-state index contributed by atoms with van der Waals surface area (Å²) in [4.78, 5) is 22.5. The highest BCUT2D eigenvalue weighted by atomic mass is 16.5. The van der Waals surface area contributed by atoms with Gasteiger partial charge in [0.25, 0.3) is 0 Å². The molecule has 0 saturated heterocycles. The summed E-state index contributed by atoms with van der Waals surface area (Å²) in [5.41, 5.74) is 8.56. The summed E-state index contributed by atoms with van der Waals surface area (Å²) < 4.78 is 11.7. The van der Waals surface area contributed by atoms with Crippen LogP contribution in [0.3, 0.4) is 0 Å². The first-order chi connectivity index (χ1) is 15.9. The highest BCUT2D eigenvalue weighted by molar-refractivity contribution is 5.91. The molecule has 2 aromatic heterocycles. The van der Waals surface area contributed by atoms with E-state index in [1.54, 1.807) is 42.7 Å². The van der Waals surface area contributed by atoms with Crippen LogP contribution in [0.2, 0.25) is 0 Å². The second-order valence-corrected chi connectivity index (χ2v) is 7.67. The van der Waals surface area contributed by atoms with Crippen LogP contribution < -0.4 is 15.2 Å². The summed E-state index contributed by atoms with van der Waals surface area (Å²) in [5.74, 6) is 2.03. The Hall–Kier alpha value is -4.13. The monoisotopic (exact) mass is 444 g/mol. The van der Waals surface area contributed by atoms with Crippen molar-refractivity contribution >= 4 is 17.8 Å². The largest absolute Gasteiger partial charge is 0.485 e. The van der Waals surface area contributed by atoms with E-state index in [1.165, 1.54) is 6.08 Å². The van der Waals surface area contributed by atoms with E-state index in [9.17, 15) is 4.79 Å². The number of pyridine rings is 2. The van der Waals surface area contributed by atoms with Gasteiger partial charge in [-0.2, -0.15) is 0 Å². The molecule has 0 aliphatic heterocycles. The molecule has 0 fully saturated rings. The molecule has 3 aromatic rings. The van der Waals surface area contributed by atoms with Crippen LogP contribution in [0.5, 0.6) is 11.5 Å². The molecule has 3 rings (SSSR count). The number of para-hydroxylation sites is 1. The van der Waals surface area contributed by atoms with Crippen LogP contribution in [0.15, 0.2) is 84.5 Å². The lowest BCUT2D eigenvalue weighted by atomic mass is 10.2. The number of hydrogen-bond donors (Lipinski definition) is 1. The summed E-state index contributed by atoms with van der Waals surface area (Å²) in [6.45, 7) is 4.58. The van der Waals surface area contributed by atoms with E-state index < -0.39 is 0 Å². The number of hydrogen-bond acceptors (Lipinski definition) is 6. The van der Waals surface area contributed by atoms with Crippen LogP contribution in [0.1, 0.15) is 25.0 Å². The van der Waals surface area contributed by atoms with Crippen molar-refractivity contribution < 1.29 is 14.3 Å². The van der Waals surface area contributed by atoms with E-state index >= 15 is 0 Å². The third-order valence-electron chi connectivity index (χ3n) is 4.74. The summed E-state index contributed by atoms with van der Waals surface area (Å²) in [7, 11) is 1.73. The van der Waals surface area contributed by atoms with Gasteiger partial charge in [-0.25, -0.2) is 4.98 Å². The fraction of sp³-hybridized carbons (Fsp3) is 0.192. The smallest absolute Gasteiger partial charge is 0.246 e. The molecule has 2 N–H and O–H groups in total. The topological polar surface area (TPSA) is 90.6 Å². The first-order valence-electron chi connectivity index (χ1n) is 10.5. The minimum atomic E-state index is -0.167. The molecule has 0 radical (unpaired) electrons. The second kappa shape index (κ2) is 11.5. The van der Waals surface area contributed by atoms with Gasteiger partial charge in [0.2, 0.25) is 5.91 Å². The molecular formula is C26H28N4O3. The molecule has 0 spiro atoms. The third-order valence-corrected chi connectivity index (χ3v) is 4.74. The van der Waals surface area contributed by atoms with E-state index in [0.717, 1.165) is 22.6 Å². The van der Waals surface area contributed by atoms with Crippen molar-refractivity contribution in [2.75, 3.05) is 19.3 Å². The maximum Gasteiger partial charge on any atom is 0.246 e. The van der Waals surface area contributed by atoms with Crippen LogP contribution in [-0.4, -0.2) is 34.4 Å². The molecule has 0 unspecified atom stereocenters. The highest BCUT2D eigenvalue weighted by Crippen LogP contribution is 2.22. The van der Waals surface area contributed by atoms with Gasteiger partial charge in [0.1, 0.15) is 18.1 Å². The lowest BCUT2D eigenvalue weighted by Gasteiger charge is -2.19. The third kappa shape index (κ3) is 7.21. The molecule has 33 heavy (non-hydrogen) atoms. The minimum absolute atomic E-state index is 0.167. The van der Waals surface area contributed by atoms with Gasteiger partial charge in [-0.05, 0) is 55.3 Å². The minimum Gasteiger partial charge on any atom is -0.485 e. The molecule has 1 amide bonds. The normalized spacial score (nSPS) is 10.6. The Morgan fingerprint density at radius 2 is 1.91 bits per heavy atom. The molecule has 7 heteroatoms. The number of carbonyl (C=O) groups is 1. The molecule has 2 heterocycles. The van der Waals surface area contributed by atoms with E-state index in [4.69, 9.17) is 15.2 Å². The van der Waals surface area contributed by atoms with Gasteiger partial charge in [0.05, 0.1) is 6.54 Å². The number of rotatable bonds is 9. The van der Waals surface area contributed by atoms with Crippen LogP contribution in [0.25, 0.3) is 6.08 Å². The van der Waals surface area contributed by atoms with Gasteiger partial charge in [-0.3, -0.25) is 9.78 Å². The van der Waals surface area contributed by atoms with Crippen LogP contribution in [-0.2, 0) is 11.4 Å². The summed E-state index contributed by atoms with van der Waals surface area (Å²) in [6.07, 6.45) is 8.19. The SMILES string of the molecule is CC(C)=C(CN(C)C(=O)/C=C/c1cnc(N)c(OCc2cccnc2)c1)Oc1ccccc1. The molecule has 1 aromatic carbocycles. The van der Waals surface area contributed by atoms with Crippen LogP contribution in [0, 0.1) is 0 Å². The van der Waals surface area contributed by atoms with Crippen molar-refractivity contribution in [3.05, 3.63) is 95.7 Å². The average Bonchev–Trinajstić information content (AvgIpc) is 2.83. The first-order valence-corrected chi connectivity index (χ1v) is 10.5. The van der Waals surface area contributed by atoms with Gasteiger partial charge in [0, 0.05) is 37.3 Å². The Morgan fingerprint density at radius 1 is 1.12 bits per heavy atom. The number of anilines is 1. The number of nitrogens with two attached hydrogens (primary N) is 1. The number of benzene rings is 1. The maximum absolute atomic E-state index is 12.7. The zero-order chi connectivity index (χ0) is 23.6. The Morgan fingerprint density at radius 3 is 2.61 bits per heavy atom. The fourth-order valence-corrected chi connectivity index (χ4v) is 2.83. The van der Waals surface area contributed by atoms with Crippen molar-refractivity contribution in [2.24, 2.45) is 0 Å². The van der Waals surface area contributed by atoms with Gasteiger partial charge in [0.15, 0.2) is 11.6 Å². The molecule has 0 aliphatic carbocycles. The Balaban J connectivity index is 1.62. The van der Waals surface area contributed by atoms with Crippen molar-refractivity contribution in [3.63, 3.8) is 0 Å². The Labute approximate surface area is 194 Å². The number of ether oxygens (including phenoxy) is 2. The summed E-state index contributed by atoms with van der Waals surface area (Å²) >= 11 is 0. The first kappa shape index (κ1) is 23.5. The van der Waals surface area contributed by atoms with Gasteiger partial charge in [-0.1, -0.05) is 24.3 Å². The van der Waals surface area contributed by atoms with Crippen molar-refractivity contribution in [2.45, 2.75) is 20.5 Å². The number of likely N-dealkylation sites (N-methyl/N-ethyl adjacent to an activating group) is 1. The van der Waals surface area contributed by atoms with E-state index in [2.05, 4.69) is 9.97 Å². The number of nitrogen functional groups attached to an aromatic ring is 1. The summed E-state index contributed by atoms with van der Waals surface area (Å²) in [6, 6.07) is 15.0. The number of allylic oxidation sites excluding steroid dienone is 1. The number of nitrogens with zero attached hydrogens (tertiary/aromatic N) is 3. The molecule has 7 nitrogen and oxygen atoms in total. The zero-order valence-corrected chi connectivity index (χ0v) is 19.1. The molecule has 0 bridgehead atoms. The number of carbonyl (C=O) groups excluding carboxylic acids is 1. The zero-order valence-electron chi connectivity index (χ0n) is 19.1. The van der Waals surface area contributed by atoms with Gasteiger partial charge in [-0.15, -0.1) is 0 Å². The molecular weight excluding hydrogens is 416 g/mol. The molecule has 0 saturated carbocycles. The predicted molar refractivity (Wildman–Crippen MR) is 129 cm³/mol. The lowest BCUT2D eigenvalue weighted by molar-refractivity contribution is -0.124. The standard InChI is InChI=1S/C26H28N4O3/c1-19(2)24(33-22-9-5-4-6-10-22)17-30(3)25(31)12-11-20-14-23(26(27)29-16-20)32-18-21-8-7-13-28-15-21/h4-16H,17-18H2,1-3H3,(H2,27,29)/b12-11+. The fourth-order valence-electron chi connectivity index (χ4n) is 2.83. The molecule has 0 atom stereocenters. The molecule has 170 valence electrons. The Bertz CT molecular complexity index is 1120. The van der Waals surface area contributed by atoms with Crippen molar-refractivity contribution in [3.8, 4) is 11.5 Å². The average molecular weight is 445 g/mol. The van der Waals surface area contributed by atoms with E-state index in [0.29, 0.717) is 24.5 Å². The van der Waals surface area contributed by atoms with E-state index in [-0.39, 0.29) is 11.7 Å². The highest BCUT2D eigenvalue weighted by Gasteiger charge is 2.12. The second-order valence-electron chi connectivity index (χ2n) is 7.67. The quantitative estimate of drug-likeness (QED) is 0.386. The van der Waals surface area contributed by atoms with Crippen LogP contribution >= 0.6 is 0 Å². The number of amides is 1. The molecule has 0 aliphatic rings. The van der Waals surface area contributed by atoms with Gasteiger partial charge < -0.3 is 20.1 Å². The summed E-state index contributed by atoms with van der Waals surface area (Å²) in [5, 5.41) is 0. The van der Waals surface area contributed by atoms with Crippen LogP contribution in [0.4, 0.5) is 5.82 Å². The lowest BCUT2D eigenvalue weighted by Crippen LogP contribution is -2.28. The van der Waals surface area contributed by atoms with Crippen molar-refractivity contribution in [1.29, 1.82) is 0 Å². The number of aromatic nitrogens is 2. The van der Waals surface area contributed by atoms with Crippen molar-refractivity contribution in [1.82, 2.24) is 14.9 Å². The Kier molecular flexibility index (Phi) is 8.18. The van der Waals surface area contributed by atoms with E-state index in [1.807, 2.05) is 56.3 Å². The predicted octanol–water partition coefficient (Wildman–Crippen LogP) is 4.48. The van der Waals surface area contributed by atoms with Gasteiger partial charge >= 0.3 is 0 Å².